The van der Waals surface area contributed by atoms with Gasteiger partial charge in [0.2, 0.25) is 5.95 Å². The predicted molar refractivity (Wildman–Crippen MR) is 72.7 cm³/mol. The quantitative estimate of drug-likeness (QED) is 0.877. The predicted octanol–water partition coefficient (Wildman–Crippen LogP) is 1.78. The summed E-state index contributed by atoms with van der Waals surface area (Å²) >= 11 is 0. The van der Waals surface area contributed by atoms with Gasteiger partial charge < -0.3 is 14.6 Å². The Labute approximate surface area is 107 Å². The molecular formula is C14H19N3O. The molecule has 1 aromatic carbocycles. The third kappa shape index (κ3) is 1.86. The van der Waals surface area contributed by atoms with Gasteiger partial charge in [0.05, 0.1) is 11.0 Å². The summed E-state index contributed by atoms with van der Waals surface area (Å²) in [5.74, 6) is 1.41. The Morgan fingerprint density at radius 2 is 2.22 bits per heavy atom. The summed E-state index contributed by atoms with van der Waals surface area (Å²) in [6, 6.07) is 8.21. The van der Waals surface area contributed by atoms with Crippen LogP contribution in [0.15, 0.2) is 24.3 Å². The van der Waals surface area contributed by atoms with E-state index >= 15 is 0 Å². The van der Waals surface area contributed by atoms with Crippen molar-refractivity contribution in [1.29, 1.82) is 0 Å². The Morgan fingerprint density at radius 1 is 1.39 bits per heavy atom. The molecule has 1 aliphatic rings. The minimum atomic E-state index is 0.278. The van der Waals surface area contributed by atoms with E-state index in [9.17, 15) is 5.11 Å². The van der Waals surface area contributed by atoms with Gasteiger partial charge in [-0.15, -0.1) is 0 Å². The third-order valence-electron chi connectivity index (χ3n) is 3.82. The SMILES string of the molecule is Cn1c(N2CCC[C@H](CO)C2)nc2ccccc21. The lowest BCUT2D eigenvalue weighted by molar-refractivity contribution is 0.208. The molecule has 0 unspecified atom stereocenters. The van der Waals surface area contributed by atoms with E-state index in [0.717, 1.165) is 37.4 Å². The fraction of sp³-hybridized carbons (Fsp3) is 0.500. The van der Waals surface area contributed by atoms with Crippen LogP contribution < -0.4 is 4.90 Å². The summed E-state index contributed by atoms with van der Waals surface area (Å²) in [6.07, 6.45) is 2.26. The van der Waals surface area contributed by atoms with E-state index in [1.807, 2.05) is 18.2 Å². The highest BCUT2D eigenvalue weighted by atomic mass is 16.3. The Morgan fingerprint density at radius 3 is 3.00 bits per heavy atom. The lowest BCUT2D eigenvalue weighted by Crippen LogP contribution is -2.38. The third-order valence-corrected chi connectivity index (χ3v) is 3.82. The number of fused-ring (bicyclic) bond motifs is 1. The van der Waals surface area contributed by atoms with Crippen molar-refractivity contribution in [2.45, 2.75) is 12.8 Å². The van der Waals surface area contributed by atoms with Crippen LogP contribution in [0.1, 0.15) is 12.8 Å². The molecule has 96 valence electrons. The van der Waals surface area contributed by atoms with Gasteiger partial charge in [0.1, 0.15) is 0 Å². The molecule has 4 heteroatoms. The Hall–Kier alpha value is -1.55. The van der Waals surface area contributed by atoms with Crippen molar-refractivity contribution >= 4 is 17.0 Å². The van der Waals surface area contributed by atoms with Crippen LogP contribution in [-0.4, -0.2) is 34.4 Å². The van der Waals surface area contributed by atoms with E-state index in [1.165, 1.54) is 5.52 Å². The van der Waals surface area contributed by atoms with Crippen molar-refractivity contribution in [2.24, 2.45) is 13.0 Å². The number of hydrogen-bond acceptors (Lipinski definition) is 3. The molecule has 0 radical (unpaired) electrons. The number of anilines is 1. The summed E-state index contributed by atoms with van der Waals surface area (Å²) in [7, 11) is 2.06. The van der Waals surface area contributed by atoms with Crippen molar-refractivity contribution in [1.82, 2.24) is 9.55 Å². The number of hydrogen-bond donors (Lipinski definition) is 1. The smallest absolute Gasteiger partial charge is 0.206 e. The first kappa shape index (κ1) is 11.5. The fourth-order valence-corrected chi connectivity index (χ4v) is 2.81. The molecule has 1 N–H and O–H groups in total. The summed E-state index contributed by atoms with van der Waals surface area (Å²) < 4.78 is 2.15. The second kappa shape index (κ2) is 4.61. The zero-order chi connectivity index (χ0) is 12.5. The molecule has 0 spiro atoms. The molecule has 1 atom stereocenters. The van der Waals surface area contributed by atoms with Gasteiger partial charge in [-0.1, -0.05) is 12.1 Å². The molecule has 1 aliphatic heterocycles. The van der Waals surface area contributed by atoms with Crippen molar-refractivity contribution in [3.8, 4) is 0 Å². The molecular weight excluding hydrogens is 226 g/mol. The molecule has 1 aromatic heterocycles. The van der Waals surface area contributed by atoms with Crippen molar-refractivity contribution in [3.63, 3.8) is 0 Å². The highest BCUT2D eigenvalue weighted by Gasteiger charge is 2.22. The number of aliphatic hydroxyl groups excluding tert-OH is 1. The second-order valence-electron chi connectivity index (χ2n) is 5.10. The van der Waals surface area contributed by atoms with E-state index < -0.39 is 0 Å². The Kier molecular flexibility index (Phi) is 2.96. The number of nitrogens with zero attached hydrogens (tertiary/aromatic N) is 3. The number of imidazole rings is 1. The zero-order valence-electron chi connectivity index (χ0n) is 10.7. The maximum absolute atomic E-state index is 9.31. The monoisotopic (exact) mass is 245 g/mol. The van der Waals surface area contributed by atoms with Crippen LogP contribution in [0.5, 0.6) is 0 Å². The number of aryl methyl sites for hydroxylation is 1. The molecule has 3 rings (SSSR count). The lowest BCUT2D eigenvalue weighted by Gasteiger charge is -2.32. The van der Waals surface area contributed by atoms with Gasteiger partial charge >= 0.3 is 0 Å². The maximum atomic E-state index is 9.31. The summed E-state index contributed by atoms with van der Waals surface area (Å²) in [5.41, 5.74) is 2.21. The molecule has 4 nitrogen and oxygen atoms in total. The van der Waals surface area contributed by atoms with Gasteiger partial charge in [0.15, 0.2) is 0 Å². The highest BCUT2D eigenvalue weighted by molar-refractivity contribution is 5.78. The minimum absolute atomic E-state index is 0.278. The molecule has 0 saturated carbocycles. The van der Waals surface area contributed by atoms with E-state index in [4.69, 9.17) is 4.98 Å². The zero-order valence-corrected chi connectivity index (χ0v) is 10.7. The van der Waals surface area contributed by atoms with Gasteiger partial charge in [-0.3, -0.25) is 0 Å². The van der Waals surface area contributed by atoms with Gasteiger partial charge in [0, 0.05) is 26.7 Å². The van der Waals surface area contributed by atoms with Crippen LogP contribution in [0.2, 0.25) is 0 Å². The van der Waals surface area contributed by atoms with E-state index in [-0.39, 0.29) is 6.61 Å². The standard InChI is InChI=1S/C14H19N3O/c1-16-13-7-3-2-6-12(13)15-14(16)17-8-4-5-11(9-17)10-18/h2-3,6-7,11,18H,4-5,8-10H2,1H3/t11-/m0/s1. The number of para-hydroxylation sites is 2. The Balaban J connectivity index is 1.96. The molecule has 1 fully saturated rings. The van der Waals surface area contributed by atoms with Crippen LogP contribution >= 0.6 is 0 Å². The average molecular weight is 245 g/mol. The minimum Gasteiger partial charge on any atom is -0.396 e. The number of benzene rings is 1. The van der Waals surface area contributed by atoms with Crippen LogP contribution in [0.4, 0.5) is 5.95 Å². The van der Waals surface area contributed by atoms with E-state index in [2.05, 4.69) is 22.6 Å². The molecule has 2 aromatic rings. The molecule has 0 aliphatic carbocycles. The Bertz CT molecular complexity index is 549. The molecule has 18 heavy (non-hydrogen) atoms. The first-order valence-electron chi connectivity index (χ1n) is 6.57. The van der Waals surface area contributed by atoms with Gasteiger partial charge in [0.25, 0.3) is 0 Å². The van der Waals surface area contributed by atoms with Crippen LogP contribution in [0.25, 0.3) is 11.0 Å². The molecule has 0 amide bonds. The topological polar surface area (TPSA) is 41.3 Å². The van der Waals surface area contributed by atoms with Crippen LogP contribution in [-0.2, 0) is 7.05 Å². The summed E-state index contributed by atoms with van der Waals surface area (Å²) in [4.78, 5) is 7.01. The second-order valence-corrected chi connectivity index (χ2v) is 5.10. The van der Waals surface area contributed by atoms with Crippen molar-refractivity contribution < 1.29 is 5.11 Å². The number of rotatable bonds is 2. The maximum Gasteiger partial charge on any atom is 0.206 e. The van der Waals surface area contributed by atoms with Crippen molar-refractivity contribution in [3.05, 3.63) is 24.3 Å². The first-order valence-corrected chi connectivity index (χ1v) is 6.57. The number of piperidine rings is 1. The van der Waals surface area contributed by atoms with Crippen molar-refractivity contribution in [2.75, 3.05) is 24.6 Å². The van der Waals surface area contributed by atoms with Gasteiger partial charge in [-0.25, -0.2) is 4.98 Å². The first-order chi connectivity index (χ1) is 8.79. The van der Waals surface area contributed by atoms with Crippen LogP contribution in [0, 0.1) is 5.92 Å². The van der Waals surface area contributed by atoms with Crippen LogP contribution in [0.3, 0.4) is 0 Å². The number of aromatic nitrogens is 2. The average Bonchev–Trinajstić information content (AvgIpc) is 2.77. The van der Waals surface area contributed by atoms with E-state index in [0.29, 0.717) is 5.92 Å². The summed E-state index contributed by atoms with van der Waals surface area (Å²) in [5, 5.41) is 9.31. The molecule has 1 saturated heterocycles. The normalized spacial score (nSPS) is 20.6. The molecule has 2 heterocycles. The van der Waals surface area contributed by atoms with Gasteiger partial charge in [-0.2, -0.15) is 0 Å². The number of aliphatic hydroxyl groups is 1. The summed E-state index contributed by atoms with van der Waals surface area (Å²) in [6.45, 7) is 2.22. The molecule has 0 bridgehead atoms. The lowest BCUT2D eigenvalue weighted by atomic mass is 9.99. The van der Waals surface area contributed by atoms with Gasteiger partial charge in [-0.05, 0) is 30.9 Å². The van der Waals surface area contributed by atoms with E-state index in [1.54, 1.807) is 0 Å². The fourth-order valence-electron chi connectivity index (χ4n) is 2.81. The largest absolute Gasteiger partial charge is 0.396 e. The highest BCUT2D eigenvalue weighted by Crippen LogP contribution is 2.25.